The minimum absolute atomic E-state index is 0.127. The lowest BCUT2D eigenvalue weighted by molar-refractivity contribution is -0.128. The maximum absolute atomic E-state index is 12.5. The fourth-order valence-corrected chi connectivity index (χ4v) is 2.72. The second-order valence-electron chi connectivity index (χ2n) is 7.55. The van der Waals surface area contributed by atoms with Gasteiger partial charge in [0.2, 0.25) is 5.91 Å². The number of ether oxygens (including phenoxy) is 1. The average molecular weight is 363 g/mol. The van der Waals surface area contributed by atoms with Crippen LogP contribution in [0.3, 0.4) is 0 Å². The highest BCUT2D eigenvalue weighted by Crippen LogP contribution is 2.25. The van der Waals surface area contributed by atoms with Gasteiger partial charge in [0.1, 0.15) is 11.6 Å². The molecule has 0 aromatic rings. The van der Waals surface area contributed by atoms with Crippen LogP contribution in [0, 0.1) is 0 Å². The molecule has 5 nitrogen and oxygen atoms in total. The van der Waals surface area contributed by atoms with Crippen LogP contribution < -0.4 is 5.32 Å². The Balaban J connectivity index is 2.84. The zero-order valence-corrected chi connectivity index (χ0v) is 15.4. The van der Waals surface area contributed by atoms with Crippen LogP contribution in [0.15, 0.2) is 0 Å². The number of nitrogens with zero attached hydrogens (tertiary/aromatic N) is 1. The topological polar surface area (TPSA) is 58.6 Å². The van der Waals surface area contributed by atoms with Gasteiger partial charge in [0.05, 0.1) is 0 Å². The van der Waals surface area contributed by atoms with Gasteiger partial charge in [-0.3, -0.25) is 9.69 Å². The van der Waals surface area contributed by atoms with Crippen LogP contribution in [0.4, 0.5) is 4.79 Å². The number of hydrogen-bond donors (Lipinski definition) is 1. The van der Waals surface area contributed by atoms with E-state index < -0.39 is 17.7 Å². The standard InChI is InChI=1S/C15H27BrN2O3/c1-14(2,3)17-12(19)11-9-10(16)7-8-18(11)13(20)21-15(4,5)6/h10-11H,7-9H2,1-6H3,(H,17,19)/t10-,11-/m0/s1. The summed E-state index contributed by atoms with van der Waals surface area (Å²) in [5, 5.41) is 2.95. The molecule has 1 aliphatic heterocycles. The predicted octanol–water partition coefficient (Wildman–Crippen LogP) is 3.06. The van der Waals surface area contributed by atoms with Gasteiger partial charge < -0.3 is 10.1 Å². The van der Waals surface area contributed by atoms with Crippen LogP contribution >= 0.6 is 15.9 Å². The molecule has 122 valence electrons. The number of alkyl halides is 1. The molecule has 0 aromatic carbocycles. The van der Waals surface area contributed by atoms with Gasteiger partial charge in [-0.1, -0.05) is 15.9 Å². The molecule has 0 aromatic heterocycles. The van der Waals surface area contributed by atoms with E-state index in [-0.39, 0.29) is 16.3 Å². The van der Waals surface area contributed by atoms with Gasteiger partial charge in [-0.05, 0) is 54.4 Å². The van der Waals surface area contributed by atoms with Crippen LogP contribution in [-0.4, -0.2) is 45.5 Å². The lowest BCUT2D eigenvalue weighted by atomic mass is 10.00. The minimum Gasteiger partial charge on any atom is -0.444 e. The first-order valence-corrected chi connectivity index (χ1v) is 8.26. The first kappa shape index (κ1) is 18.3. The zero-order valence-electron chi connectivity index (χ0n) is 13.8. The summed E-state index contributed by atoms with van der Waals surface area (Å²) in [6.45, 7) is 11.8. The molecule has 6 heteroatoms. The molecule has 0 spiro atoms. The minimum atomic E-state index is -0.562. The van der Waals surface area contributed by atoms with Gasteiger partial charge in [0, 0.05) is 16.9 Å². The maximum atomic E-state index is 12.5. The fourth-order valence-electron chi connectivity index (χ4n) is 2.16. The van der Waals surface area contributed by atoms with Gasteiger partial charge in [0.25, 0.3) is 0 Å². The first-order chi connectivity index (χ1) is 9.39. The SMILES string of the molecule is CC(C)(C)NC(=O)[C@@H]1C[C@@H](Br)CCN1C(=O)OC(C)(C)C. The van der Waals surface area contributed by atoms with Gasteiger partial charge in [0.15, 0.2) is 0 Å². The quantitative estimate of drug-likeness (QED) is 0.729. The van der Waals surface area contributed by atoms with Crippen molar-refractivity contribution in [3.63, 3.8) is 0 Å². The normalized spacial score (nSPS) is 23.7. The predicted molar refractivity (Wildman–Crippen MR) is 86.6 cm³/mol. The van der Waals surface area contributed by atoms with Crippen molar-refractivity contribution in [2.45, 2.75) is 76.4 Å². The summed E-state index contributed by atoms with van der Waals surface area (Å²) in [6.07, 6.45) is 0.996. The summed E-state index contributed by atoms with van der Waals surface area (Å²) in [6, 6.07) is -0.489. The molecule has 2 atom stereocenters. The van der Waals surface area contributed by atoms with E-state index in [1.807, 2.05) is 41.5 Å². The Morgan fingerprint density at radius 1 is 1.19 bits per heavy atom. The molecule has 0 bridgehead atoms. The second kappa shape index (κ2) is 6.55. The number of likely N-dealkylation sites (tertiary alicyclic amines) is 1. The Hall–Kier alpha value is -0.780. The molecule has 0 aliphatic carbocycles. The van der Waals surface area contributed by atoms with Crippen molar-refractivity contribution < 1.29 is 14.3 Å². The van der Waals surface area contributed by atoms with E-state index in [1.165, 1.54) is 0 Å². The Morgan fingerprint density at radius 3 is 2.24 bits per heavy atom. The largest absolute Gasteiger partial charge is 0.444 e. The molecule has 0 saturated carbocycles. The molecule has 1 rings (SSSR count). The molecule has 1 heterocycles. The summed E-state index contributed by atoms with van der Waals surface area (Å²) in [5.74, 6) is -0.127. The fraction of sp³-hybridized carbons (Fsp3) is 0.867. The van der Waals surface area contributed by atoms with Crippen molar-refractivity contribution in [3.8, 4) is 0 Å². The molecule has 0 radical (unpaired) electrons. The van der Waals surface area contributed by atoms with Gasteiger partial charge in [-0.15, -0.1) is 0 Å². The Bertz CT molecular complexity index is 399. The Morgan fingerprint density at radius 2 is 1.76 bits per heavy atom. The van der Waals surface area contributed by atoms with Crippen molar-refractivity contribution in [1.29, 1.82) is 0 Å². The third-order valence-electron chi connectivity index (χ3n) is 2.97. The van der Waals surface area contributed by atoms with Crippen molar-refractivity contribution in [1.82, 2.24) is 10.2 Å². The third kappa shape index (κ3) is 6.24. The lowest BCUT2D eigenvalue weighted by Crippen LogP contribution is -2.57. The molecule has 1 N–H and O–H groups in total. The number of carbonyl (C=O) groups excluding carboxylic acids is 2. The van der Waals surface area contributed by atoms with E-state index in [9.17, 15) is 9.59 Å². The number of halogens is 1. The molecule has 21 heavy (non-hydrogen) atoms. The van der Waals surface area contributed by atoms with Crippen molar-refractivity contribution in [2.24, 2.45) is 0 Å². The lowest BCUT2D eigenvalue weighted by Gasteiger charge is -2.38. The summed E-state index contributed by atoms with van der Waals surface area (Å²) >= 11 is 3.56. The van der Waals surface area contributed by atoms with Gasteiger partial charge in [-0.2, -0.15) is 0 Å². The number of carbonyl (C=O) groups is 2. The van der Waals surface area contributed by atoms with E-state index in [2.05, 4.69) is 21.2 Å². The van der Waals surface area contributed by atoms with E-state index >= 15 is 0 Å². The number of nitrogens with one attached hydrogen (secondary N) is 1. The molecule has 2 amide bonds. The van der Waals surface area contributed by atoms with Crippen LogP contribution in [-0.2, 0) is 9.53 Å². The summed E-state index contributed by atoms with van der Waals surface area (Å²) in [5.41, 5.74) is -0.886. The van der Waals surface area contributed by atoms with E-state index in [0.717, 1.165) is 6.42 Å². The van der Waals surface area contributed by atoms with E-state index in [0.29, 0.717) is 13.0 Å². The number of piperidine rings is 1. The number of hydrogen-bond acceptors (Lipinski definition) is 3. The highest BCUT2D eigenvalue weighted by Gasteiger charge is 2.38. The smallest absolute Gasteiger partial charge is 0.410 e. The Labute approximate surface area is 135 Å². The monoisotopic (exact) mass is 362 g/mol. The highest BCUT2D eigenvalue weighted by atomic mass is 79.9. The summed E-state index contributed by atoms with van der Waals surface area (Å²) in [7, 11) is 0. The molecule has 1 aliphatic rings. The molecule has 0 unspecified atom stereocenters. The molecule has 1 fully saturated rings. The molecular weight excluding hydrogens is 336 g/mol. The van der Waals surface area contributed by atoms with Gasteiger partial charge >= 0.3 is 6.09 Å². The average Bonchev–Trinajstić information content (AvgIpc) is 2.23. The van der Waals surface area contributed by atoms with Crippen LogP contribution in [0.5, 0.6) is 0 Å². The zero-order chi connectivity index (χ0) is 16.4. The first-order valence-electron chi connectivity index (χ1n) is 7.35. The van der Waals surface area contributed by atoms with Crippen molar-refractivity contribution in [2.75, 3.05) is 6.54 Å². The maximum Gasteiger partial charge on any atom is 0.410 e. The summed E-state index contributed by atoms with van der Waals surface area (Å²) < 4.78 is 5.41. The molecule has 1 saturated heterocycles. The highest BCUT2D eigenvalue weighted by molar-refractivity contribution is 9.09. The third-order valence-corrected chi connectivity index (χ3v) is 3.80. The van der Waals surface area contributed by atoms with Gasteiger partial charge in [-0.25, -0.2) is 4.79 Å². The van der Waals surface area contributed by atoms with Crippen LogP contribution in [0.2, 0.25) is 0 Å². The summed E-state index contributed by atoms with van der Waals surface area (Å²) in [4.78, 5) is 26.6. The second-order valence-corrected chi connectivity index (χ2v) is 8.85. The van der Waals surface area contributed by atoms with Crippen LogP contribution in [0.25, 0.3) is 0 Å². The van der Waals surface area contributed by atoms with Crippen LogP contribution in [0.1, 0.15) is 54.4 Å². The van der Waals surface area contributed by atoms with Crippen molar-refractivity contribution in [3.05, 3.63) is 0 Å². The number of amides is 2. The van der Waals surface area contributed by atoms with E-state index in [1.54, 1.807) is 4.90 Å². The number of rotatable bonds is 1. The Kier molecular flexibility index (Phi) is 5.69. The van der Waals surface area contributed by atoms with Crippen molar-refractivity contribution >= 4 is 27.9 Å². The molecular formula is C15H27BrN2O3. The van der Waals surface area contributed by atoms with E-state index in [4.69, 9.17) is 4.74 Å².